The van der Waals surface area contributed by atoms with E-state index in [1.54, 1.807) is 24.3 Å². The van der Waals surface area contributed by atoms with E-state index >= 15 is 0 Å². The van der Waals surface area contributed by atoms with Gasteiger partial charge in [0.25, 0.3) is 11.8 Å². The van der Waals surface area contributed by atoms with Gasteiger partial charge in [-0.25, -0.2) is 0 Å². The van der Waals surface area contributed by atoms with Crippen LogP contribution in [0.3, 0.4) is 0 Å². The van der Waals surface area contributed by atoms with Crippen molar-refractivity contribution in [3.63, 3.8) is 0 Å². The van der Waals surface area contributed by atoms with Crippen molar-refractivity contribution in [1.29, 1.82) is 0 Å². The van der Waals surface area contributed by atoms with Gasteiger partial charge in [-0.2, -0.15) is 0 Å². The summed E-state index contributed by atoms with van der Waals surface area (Å²) in [5.41, 5.74) is 1.13. The van der Waals surface area contributed by atoms with E-state index in [1.165, 1.54) is 11.3 Å². The molecule has 1 unspecified atom stereocenters. The van der Waals surface area contributed by atoms with Gasteiger partial charge in [-0.1, -0.05) is 0 Å². The van der Waals surface area contributed by atoms with E-state index in [1.807, 2.05) is 10.3 Å². The molecule has 1 atom stereocenters. The van der Waals surface area contributed by atoms with Gasteiger partial charge in [0, 0.05) is 34.5 Å². The Morgan fingerprint density at radius 1 is 1.27 bits per heavy atom. The molecular weight excluding hydrogens is 416 g/mol. The highest BCUT2D eigenvalue weighted by atomic mass is 79.9. The fourth-order valence-corrected chi connectivity index (χ4v) is 4.87. The third kappa shape index (κ3) is 3.50. The summed E-state index contributed by atoms with van der Waals surface area (Å²) < 4.78 is 6.71. The van der Waals surface area contributed by atoms with E-state index in [0.717, 1.165) is 36.7 Å². The minimum atomic E-state index is -0.185. The zero-order valence-corrected chi connectivity index (χ0v) is 16.6. The number of hydrogen-bond donors (Lipinski definition) is 1. The van der Waals surface area contributed by atoms with Crippen molar-refractivity contribution in [2.45, 2.75) is 31.7 Å². The minimum absolute atomic E-state index is 0.000586. The molecule has 2 amide bonds. The molecule has 3 heterocycles. The largest absolute Gasteiger partial charge is 0.493 e. The number of nitrogens with zero attached hydrogens (tertiary/aromatic N) is 1. The van der Waals surface area contributed by atoms with Gasteiger partial charge in [-0.3, -0.25) is 9.59 Å². The summed E-state index contributed by atoms with van der Waals surface area (Å²) in [4.78, 5) is 28.0. The Labute approximate surface area is 164 Å². The quantitative estimate of drug-likeness (QED) is 0.754. The average Bonchev–Trinajstić information content (AvgIpc) is 3.08. The zero-order chi connectivity index (χ0) is 18.1. The Morgan fingerprint density at radius 2 is 2.15 bits per heavy atom. The van der Waals surface area contributed by atoms with Crippen LogP contribution in [0.1, 0.15) is 45.7 Å². The highest BCUT2D eigenvalue weighted by Crippen LogP contribution is 2.31. The fourth-order valence-electron chi connectivity index (χ4n) is 3.55. The standard InChI is InChI=1S/C19H19BrN2O3S/c20-12-9-17(26-11-12)18(23)21-13-4-5-16-15(10-13)19(24)22-7-2-1-3-14(22)6-8-25-16/h4-5,9-11,14H,1-3,6-8H2,(H,21,23). The van der Waals surface area contributed by atoms with E-state index in [-0.39, 0.29) is 17.9 Å². The number of carbonyl (C=O) groups is 2. The molecule has 1 saturated heterocycles. The predicted octanol–water partition coefficient (Wildman–Crippen LogP) is 4.54. The van der Waals surface area contributed by atoms with Gasteiger partial charge >= 0.3 is 0 Å². The van der Waals surface area contributed by atoms with Crippen molar-refractivity contribution in [2.24, 2.45) is 0 Å². The van der Waals surface area contributed by atoms with Crippen LogP contribution in [0.2, 0.25) is 0 Å². The number of halogens is 1. The van der Waals surface area contributed by atoms with Crippen LogP contribution in [-0.2, 0) is 0 Å². The smallest absolute Gasteiger partial charge is 0.265 e. The summed E-state index contributed by atoms with van der Waals surface area (Å²) in [6.45, 7) is 1.40. The van der Waals surface area contributed by atoms with Crippen LogP contribution in [0.25, 0.3) is 0 Å². The van der Waals surface area contributed by atoms with Gasteiger partial charge in [0.05, 0.1) is 17.0 Å². The second-order valence-electron chi connectivity index (χ2n) is 6.58. The van der Waals surface area contributed by atoms with Gasteiger partial charge in [0.1, 0.15) is 5.75 Å². The molecule has 0 spiro atoms. The molecule has 0 bridgehead atoms. The lowest BCUT2D eigenvalue weighted by atomic mass is 9.97. The maximum atomic E-state index is 13.1. The van der Waals surface area contributed by atoms with E-state index in [2.05, 4.69) is 21.2 Å². The summed E-state index contributed by atoms with van der Waals surface area (Å²) in [6.07, 6.45) is 4.11. The molecular formula is C19H19BrN2O3S. The molecule has 136 valence electrons. The highest BCUT2D eigenvalue weighted by Gasteiger charge is 2.31. The first-order valence-corrected chi connectivity index (χ1v) is 10.4. The summed E-state index contributed by atoms with van der Waals surface area (Å²) in [5, 5.41) is 4.74. The van der Waals surface area contributed by atoms with Crippen molar-refractivity contribution < 1.29 is 14.3 Å². The van der Waals surface area contributed by atoms with Gasteiger partial charge in [-0.05, 0) is 59.5 Å². The number of hydrogen-bond acceptors (Lipinski definition) is 4. The Kier molecular flexibility index (Phi) is 5.00. The molecule has 0 radical (unpaired) electrons. The SMILES string of the molecule is O=C(Nc1ccc2c(c1)C(=O)N1CCCCC1CCO2)c1cc(Br)cs1. The number of ether oxygens (including phenoxy) is 1. The Hall–Kier alpha value is -1.86. The van der Waals surface area contributed by atoms with Crippen LogP contribution in [0.4, 0.5) is 5.69 Å². The van der Waals surface area contributed by atoms with Gasteiger partial charge < -0.3 is 15.0 Å². The Bertz CT molecular complexity index is 851. The lowest BCUT2D eigenvalue weighted by Gasteiger charge is -2.37. The minimum Gasteiger partial charge on any atom is -0.493 e. The third-order valence-electron chi connectivity index (χ3n) is 4.86. The van der Waals surface area contributed by atoms with Crippen molar-refractivity contribution >= 4 is 44.8 Å². The molecule has 0 aliphatic carbocycles. The molecule has 4 rings (SSSR count). The van der Waals surface area contributed by atoms with Crippen LogP contribution in [0.5, 0.6) is 5.75 Å². The molecule has 2 aliphatic heterocycles. The second kappa shape index (κ2) is 7.40. The van der Waals surface area contributed by atoms with Crippen molar-refractivity contribution in [3.8, 4) is 5.75 Å². The molecule has 26 heavy (non-hydrogen) atoms. The normalized spacial score (nSPS) is 19.7. The average molecular weight is 435 g/mol. The number of rotatable bonds is 2. The lowest BCUT2D eigenvalue weighted by Crippen LogP contribution is -2.45. The first-order chi connectivity index (χ1) is 12.6. The topological polar surface area (TPSA) is 58.6 Å². The van der Waals surface area contributed by atoms with E-state index in [4.69, 9.17) is 4.74 Å². The molecule has 1 aromatic heterocycles. The summed E-state index contributed by atoms with van der Waals surface area (Å²) >= 11 is 4.72. The van der Waals surface area contributed by atoms with Crippen LogP contribution in [0, 0.1) is 0 Å². The molecule has 5 nitrogen and oxygen atoms in total. The number of anilines is 1. The van der Waals surface area contributed by atoms with E-state index in [9.17, 15) is 9.59 Å². The summed E-state index contributed by atoms with van der Waals surface area (Å²) in [7, 11) is 0. The number of fused-ring (bicyclic) bond motifs is 2. The first-order valence-electron chi connectivity index (χ1n) is 8.75. The number of nitrogens with one attached hydrogen (secondary N) is 1. The van der Waals surface area contributed by atoms with Gasteiger partial charge in [-0.15, -0.1) is 11.3 Å². The second-order valence-corrected chi connectivity index (χ2v) is 8.41. The van der Waals surface area contributed by atoms with Gasteiger partial charge in [0.2, 0.25) is 0 Å². The fraction of sp³-hybridized carbons (Fsp3) is 0.368. The third-order valence-corrected chi connectivity index (χ3v) is 6.55. The van der Waals surface area contributed by atoms with E-state index in [0.29, 0.717) is 28.5 Å². The van der Waals surface area contributed by atoms with Crippen molar-refractivity contribution in [1.82, 2.24) is 4.90 Å². The number of carbonyl (C=O) groups excluding carboxylic acids is 2. The van der Waals surface area contributed by atoms with Crippen LogP contribution < -0.4 is 10.1 Å². The molecule has 0 saturated carbocycles. The highest BCUT2D eigenvalue weighted by molar-refractivity contribution is 9.10. The van der Waals surface area contributed by atoms with Crippen LogP contribution in [-0.4, -0.2) is 35.9 Å². The monoisotopic (exact) mass is 434 g/mol. The van der Waals surface area contributed by atoms with Crippen LogP contribution >= 0.6 is 27.3 Å². The Balaban J connectivity index is 1.60. The number of amides is 2. The number of benzene rings is 1. The maximum Gasteiger partial charge on any atom is 0.265 e. The first kappa shape index (κ1) is 17.5. The molecule has 2 aliphatic rings. The predicted molar refractivity (Wildman–Crippen MR) is 105 cm³/mol. The molecule has 1 N–H and O–H groups in total. The number of thiophene rings is 1. The molecule has 7 heteroatoms. The summed E-state index contributed by atoms with van der Waals surface area (Å²) in [5.74, 6) is 0.408. The lowest BCUT2D eigenvalue weighted by molar-refractivity contribution is 0.0548. The zero-order valence-electron chi connectivity index (χ0n) is 14.2. The Morgan fingerprint density at radius 3 is 2.96 bits per heavy atom. The number of piperidine rings is 1. The summed E-state index contributed by atoms with van der Waals surface area (Å²) in [6, 6.07) is 7.32. The molecule has 1 aromatic carbocycles. The van der Waals surface area contributed by atoms with E-state index < -0.39 is 0 Å². The van der Waals surface area contributed by atoms with Crippen molar-refractivity contribution in [3.05, 3.63) is 44.6 Å². The van der Waals surface area contributed by atoms with Gasteiger partial charge in [0.15, 0.2) is 0 Å². The van der Waals surface area contributed by atoms with Crippen molar-refractivity contribution in [2.75, 3.05) is 18.5 Å². The van der Waals surface area contributed by atoms with Crippen LogP contribution in [0.15, 0.2) is 34.1 Å². The molecule has 1 fully saturated rings. The molecule has 2 aromatic rings. The maximum absolute atomic E-state index is 13.1.